The lowest BCUT2D eigenvalue weighted by atomic mass is 10.1. The predicted octanol–water partition coefficient (Wildman–Crippen LogP) is 3.76. The first-order chi connectivity index (χ1) is 13.6. The fourth-order valence-corrected chi connectivity index (χ4v) is 5.13. The minimum absolute atomic E-state index is 0.0495. The van der Waals surface area contributed by atoms with E-state index in [-0.39, 0.29) is 5.56 Å². The van der Waals surface area contributed by atoms with Gasteiger partial charge in [-0.15, -0.1) is 11.3 Å². The molecule has 0 fully saturated rings. The van der Waals surface area contributed by atoms with Crippen molar-refractivity contribution in [3.05, 3.63) is 56.7 Å². The summed E-state index contributed by atoms with van der Waals surface area (Å²) in [5.74, 6) is 0.561. The second-order valence-corrected chi connectivity index (χ2v) is 8.69. The number of aliphatic hydroxyl groups excluding tert-OH is 1. The Morgan fingerprint density at radius 1 is 1.21 bits per heavy atom. The van der Waals surface area contributed by atoms with Crippen LogP contribution < -0.4 is 10.9 Å². The van der Waals surface area contributed by atoms with Gasteiger partial charge in [-0.05, 0) is 50.2 Å². The summed E-state index contributed by atoms with van der Waals surface area (Å²) in [5.41, 5.74) is 2.47. The van der Waals surface area contributed by atoms with Crippen molar-refractivity contribution < 1.29 is 5.11 Å². The molecule has 148 valence electrons. The highest BCUT2D eigenvalue weighted by atomic mass is 32.1. The van der Waals surface area contributed by atoms with Crippen LogP contribution in [0.2, 0.25) is 0 Å². The van der Waals surface area contributed by atoms with Gasteiger partial charge in [0.25, 0.3) is 5.56 Å². The van der Waals surface area contributed by atoms with Gasteiger partial charge in [-0.1, -0.05) is 36.8 Å². The van der Waals surface area contributed by atoms with E-state index < -0.39 is 6.10 Å². The first kappa shape index (κ1) is 19.2. The molecule has 0 saturated carbocycles. The summed E-state index contributed by atoms with van der Waals surface area (Å²) in [5, 5.41) is 13.7. The van der Waals surface area contributed by atoms with Crippen LogP contribution in [0.25, 0.3) is 10.2 Å². The Morgan fingerprint density at radius 2 is 2.00 bits per heavy atom. The van der Waals surface area contributed by atoms with Crippen LogP contribution in [-0.2, 0) is 25.8 Å². The van der Waals surface area contributed by atoms with Crippen LogP contribution in [0.15, 0.2) is 35.1 Å². The van der Waals surface area contributed by atoms with Gasteiger partial charge in [-0.3, -0.25) is 9.36 Å². The molecular formula is C22H27N3O2S. The van der Waals surface area contributed by atoms with Crippen molar-refractivity contribution in [2.24, 2.45) is 0 Å². The molecule has 1 aliphatic rings. The molecule has 0 unspecified atom stereocenters. The van der Waals surface area contributed by atoms with Crippen molar-refractivity contribution in [2.75, 3.05) is 11.9 Å². The van der Waals surface area contributed by atoms with E-state index in [9.17, 15) is 9.90 Å². The molecule has 0 amide bonds. The summed E-state index contributed by atoms with van der Waals surface area (Å²) in [4.78, 5) is 20.5. The number of aromatic nitrogens is 2. The lowest BCUT2D eigenvalue weighted by Gasteiger charge is -2.15. The van der Waals surface area contributed by atoms with E-state index in [0.717, 1.165) is 35.9 Å². The molecule has 0 spiro atoms. The SMILES string of the molecule is C[C@H](O)CNc1nc2sc3c(c2c(=O)n1CCc1ccccc1)CCCCC3. The molecule has 3 aromatic rings. The fourth-order valence-electron chi connectivity index (χ4n) is 3.88. The number of hydrogen-bond donors (Lipinski definition) is 2. The molecule has 2 aromatic heterocycles. The number of hydrogen-bond acceptors (Lipinski definition) is 5. The molecule has 2 N–H and O–H groups in total. The van der Waals surface area contributed by atoms with Crippen molar-refractivity contribution in [1.82, 2.24) is 9.55 Å². The lowest BCUT2D eigenvalue weighted by molar-refractivity contribution is 0.208. The number of anilines is 1. The molecule has 0 saturated heterocycles. The van der Waals surface area contributed by atoms with Crippen LogP contribution in [0.1, 0.15) is 42.2 Å². The molecule has 5 nitrogen and oxygen atoms in total. The highest BCUT2D eigenvalue weighted by Crippen LogP contribution is 2.33. The van der Waals surface area contributed by atoms with Gasteiger partial charge >= 0.3 is 0 Å². The van der Waals surface area contributed by atoms with Crippen molar-refractivity contribution in [2.45, 2.75) is 58.1 Å². The molecule has 2 heterocycles. The predicted molar refractivity (Wildman–Crippen MR) is 115 cm³/mol. The van der Waals surface area contributed by atoms with Crippen LogP contribution in [0, 0.1) is 0 Å². The maximum atomic E-state index is 13.5. The lowest BCUT2D eigenvalue weighted by Crippen LogP contribution is -2.28. The first-order valence-corrected chi connectivity index (χ1v) is 11.0. The molecule has 6 heteroatoms. The quantitative estimate of drug-likeness (QED) is 0.622. The smallest absolute Gasteiger partial charge is 0.263 e. The third-order valence-electron chi connectivity index (χ3n) is 5.35. The van der Waals surface area contributed by atoms with Gasteiger partial charge in [-0.25, -0.2) is 4.98 Å². The Labute approximate surface area is 169 Å². The number of benzene rings is 1. The van der Waals surface area contributed by atoms with E-state index in [1.807, 2.05) is 18.2 Å². The van der Waals surface area contributed by atoms with Gasteiger partial charge in [-0.2, -0.15) is 0 Å². The number of nitrogens with zero attached hydrogens (tertiary/aromatic N) is 2. The molecule has 0 radical (unpaired) electrons. The second-order valence-electron chi connectivity index (χ2n) is 7.60. The van der Waals surface area contributed by atoms with Crippen LogP contribution in [0.5, 0.6) is 0 Å². The number of nitrogens with one attached hydrogen (secondary N) is 1. The van der Waals surface area contributed by atoms with E-state index in [1.54, 1.807) is 22.8 Å². The average Bonchev–Trinajstić information content (AvgIpc) is 2.88. The molecule has 0 aliphatic heterocycles. The molecule has 1 aliphatic carbocycles. The first-order valence-electron chi connectivity index (χ1n) is 10.1. The van der Waals surface area contributed by atoms with Gasteiger partial charge in [0.1, 0.15) is 4.83 Å². The van der Waals surface area contributed by atoms with Crippen molar-refractivity contribution in [3.63, 3.8) is 0 Å². The number of aliphatic hydroxyl groups is 1. The summed E-state index contributed by atoms with van der Waals surface area (Å²) >= 11 is 1.67. The maximum absolute atomic E-state index is 13.5. The largest absolute Gasteiger partial charge is 0.392 e. The van der Waals surface area contributed by atoms with Crippen molar-refractivity contribution >= 4 is 27.5 Å². The Kier molecular flexibility index (Phi) is 5.78. The standard InChI is InChI=1S/C22H27N3O2S/c1-15(26)14-23-22-24-20-19(17-10-6-3-7-11-18(17)28-20)21(27)25(22)13-12-16-8-4-2-5-9-16/h2,4-5,8-9,15,26H,3,6-7,10-14H2,1H3,(H,23,24)/t15-/m0/s1. The Morgan fingerprint density at radius 3 is 2.79 bits per heavy atom. The third-order valence-corrected chi connectivity index (χ3v) is 6.53. The Bertz CT molecular complexity index is 1010. The molecule has 1 atom stereocenters. The summed E-state index contributed by atoms with van der Waals surface area (Å²) in [6, 6.07) is 10.2. The zero-order valence-corrected chi connectivity index (χ0v) is 17.1. The zero-order chi connectivity index (χ0) is 19.5. The highest BCUT2D eigenvalue weighted by molar-refractivity contribution is 7.18. The van der Waals surface area contributed by atoms with Gasteiger partial charge in [0.05, 0.1) is 11.5 Å². The Hall–Kier alpha value is -2.18. The van der Waals surface area contributed by atoms with Crippen LogP contribution in [0.3, 0.4) is 0 Å². The summed E-state index contributed by atoms with van der Waals surface area (Å²) in [7, 11) is 0. The number of aryl methyl sites for hydroxylation is 3. The van der Waals surface area contributed by atoms with E-state index in [0.29, 0.717) is 19.0 Å². The van der Waals surface area contributed by atoms with Crippen LogP contribution >= 0.6 is 11.3 Å². The van der Waals surface area contributed by atoms with Gasteiger partial charge in [0.2, 0.25) is 5.95 Å². The summed E-state index contributed by atoms with van der Waals surface area (Å²) in [6.07, 6.45) is 5.85. The van der Waals surface area contributed by atoms with Gasteiger partial charge in [0.15, 0.2) is 0 Å². The zero-order valence-electron chi connectivity index (χ0n) is 16.3. The van der Waals surface area contributed by atoms with Crippen LogP contribution in [-0.4, -0.2) is 27.3 Å². The summed E-state index contributed by atoms with van der Waals surface area (Å²) in [6.45, 7) is 2.66. The number of rotatable bonds is 6. The molecule has 0 bridgehead atoms. The highest BCUT2D eigenvalue weighted by Gasteiger charge is 2.21. The van der Waals surface area contributed by atoms with Crippen molar-refractivity contribution in [1.29, 1.82) is 0 Å². The van der Waals surface area contributed by atoms with Gasteiger partial charge < -0.3 is 10.4 Å². The number of thiophene rings is 1. The minimum Gasteiger partial charge on any atom is -0.392 e. The molecule has 4 rings (SSSR count). The van der Waals surface area contributed by atoms with E-state index >= 15 is 0 Å². The molecule has 1 aromatic carbocycles. The monoisotopic (exact) mass is 397 g/mol. The fraction of sp³-hybridized carbons (Fsp3) is 0.455. The minimum atomic E-state index is -0.504. The molecule has 28 heavy (non-hydrogen) atoms. The number of fused-ring (bicyclic) bond motifs is 3. The van der Waals surface area contributed by atoms with E-state index in [1.165, 1.54) is 28.8 Å². The normalized spacial score (nSPS) is 15.2. The molecular weight excluding hydrogens is 370 g/mol. The Balaban J connectivity index is 1.76. The average molecular weight is 398 g/mol. The third kappa shape index (κ3) is 3.98. The maximum Gasteiger partial charge on any atom is 0.263 e. The van der Waals surface area contributed by atoms with Crippen molar-refractivity contribution in [3.8, 4) is 0 Å². The second kappa shape index (κ2) is 8.45. The topological polar surface area (TPSA) is 67.2 Å². The van der Waals surface area contributed by atoms with Crippen LogP contribution in [0.4, 0.5) is 5.95 Å². The van der Waals surface area contributed by atoms with Gasteiger partial charge in [0, 0.05) is 18.0 Å². The summed E-state index contributed by atoms with van der Waals surface area (Å²) < 4.78 is 1.76. The van der Waals surface area contributed by atoms with E-state index in [4.69, 9.17) is 4.98 Å². The van der Waals surface area contributed by atoms with E-state index in [2.05, 4.69) is 17.4 Å².